The van der Waals surface area contributed by atoms with E-state index >= 15 is 0 Å². The Labute approximate surface area is 113 Å². The summed E-state index contributed by atoms with van der Waals surface area (Å²) < 4.78 is 5.56. The number of hydrogen-bond acceptors (Lipinski definition) is 4. The zero-order chi connectivity index (χ0) is 14.0. The van der Waals surface area contributed by atoms with Crippen molar-refractivity contribution in [2.75, 3.05) is 19.5 Å². The smallest absolute Gasteiger partial charge is 0.132 e. The van der Waals surface area contributed by atoms with Crippen molar-refractivity contribution in [2.45, 2.75) is 20.8 Å². The standard InChI is InChI=1S/C15H19N3O/c1-9-6-7-12(14(19-5)10(9)2)13-11(3)15(16-4)18-8-17-13/h6-8H,1-5H3,(H,16,17,18). The molecule has 0 fully saturated rings. The Kier molecular flexibility index (Phi) is 3.69. The molecule has 19 heavy (non-hydrogen) atoms. The van der Waals surface area contributed by atoms with Crippen LogP contribution in [0.4, 0.5) is 5.82 Å². The molecule has 0 aliphatic heterocycles. The maximum atomic E-state index is 5.56. The topological polar surface area (TPSA) is 47.0 Å². The van der Waals surface area contributed by atoms with Crippen LogP contribution in [0.5, 0.6) is 5.75 Å². The fourth-order valence-corrected chi connectivity index (χ4v) is 2.21. The molecule has 0 saturated carbocycles. The van der Waals surface area contributed by atoms with Gasteiger partial charge in [-0.15, -0.1) is 0 Å². The Hall–Kier alpha value is -2.10. The third-order valence-corrected chi connectivity index (χ3v) is 3.46. The Morgan fingerprint density at radius 3 is 2.42 bits per heavy atom. The van der Waals surface area contributed by atoms with Crippen LogP contribution in [-0.4, -0.2) is 24.1 Å². The maximum absolute atomic E-state index is 5.56. The molecule has 0 aliphatic carbocycles. The van der Waals surface area contributed by atoms with Crippen molar-refractivity contribution < 1.29 is 4.74 Å². The molecule has 2 aromatic rings. The highest BCUT2D eigenvalue weighted by Crippen LogP contribution is 2.35. The van der Waals surface area contributed by atoms with Gasteiger partial charge in [0, 0.05) is 18.2 Å². The predicted molar refractivity (Wildman–Crippen MR) is 77.8 cm³/mol. The number of aromatic nitrogens is 2. The summed E-state index contributed by atoms with van der Waals surface area (Å²) in [5, 5.41) is 3.08. The Bertz CT molecular complexity index is 609. The van der Waals surface area contributed by atoms with Crippen LogP contribution in [0.25, 0.3) is 11.3 Å². The molecule has 0 bridgehead atoms. The Morgan fingerprint density at radius 2 is 1.79 bits per heavy atom. The minimum atomic E-state index is 0.838. The molecule has 0 atom stereocenters. The summed E-state index contributed by atoms with van der Waals surface area (Å²) >= 11 is 0. The van der Waals surface area contributed by atoms with Crippen molar-refractivity contribution >= 4 is 5.82 Å². The van der Waals surface area contributed by atoms with Crippen molar-refractivity contribution in [1.29, 1.82) is 0 Å². The van der Waals surface area contributed by atoms with E-state index in [0.717, 1.165) is 34.0 Å². The summed E-state index contributed by atoms with van der Waals surface area (Å²) in [6, 6.07) is 4.14. The lowest BCUT2D eigenvalue weighted by molar-refractivity contribution is 0.413. The highest BCUT2D eigenvalue weighted by atomic mass is 16.5. The fourth-order valence-electron chi connectivity index (χ4n) is 2.21. The lowest BCUT2D eigenvalue weighted by atomic mass is 10.00. The molecule has 4 nitrogen and oxygen atoms in total. The first-order valence-corrected chi connectivity index (χ1v) is 6.24. The zero-order valence-electron chi connectivity index (χ0n) is 12.0. The molecule has 1 aromatic carbocycles. The molecule has 2 rings (SSSR count). The monoisotopic (exact) mass is 257 g/mol. The molecule has 1 aromatic heterocycles. The van der Waals surface area contributed by atoms with E-state index in [2.05, 4.69) is 41.3 Å². The molecule has 0 saturated heterocycles. The summed E-state index contributed by atoms with van der Waals surface area (Å²) in [7, 11) is 3.55. The minimum absolute atomic E-state index is 0.838. The van der Waals surface area contributed by atoms with Crippen LogP contribution >= 0.6 is 0 Å². The number of anilines is 1. The van der Waals surface area contributed by atoms with Gasteiger partial charge in [-0.2, -0.15) is 0 Å². The van der Waals surface area contributed by atoms with Crippen LogP contribution in [0.3, 0.4) is 0 Å². The summed E-state index contributed by atoms with van der Waals surface area (Å²) in [4.78, 5) is 8.62. The average Bonchev–Trinajstić information content (AvgIpc) is 2.42. The van der Waals surface area contributed by atoms with Gasteiger partial charge in [0.1, 0.15) is 17.9 Å². The molecule has 0 spiro atoms. The van der Waals surface area contributed by atoms with E-state index in [1.165, 1.54) is 5.56 Å². The van der Waals surface area contributed by atoms with E-state index in [1.807, 2.05) is 14.0 Å². The molecule has 0 aliphatic rings. The van der Waals surface area contributed by atoms with Gasteiger partial charge in [-0.05, 0) is 38.0 Å². The van der Waals surface area contributed by atoms with E-state index in [4.69, 9.17) is 4.74 Å². The van der Waals surface area contributed by atoms with Crippen molar-refractivity contribution in [3.63, 3.8) is 0 Å². The molecule has 100 valence electrons. The molecule has 4 heteroatoms. The normalized spacial score (nSPS) is 10.4. The second kappa shape index (κ2) is 5.26. The van der Waals surface area contributed by atoms with Gasteiger partial charge in [0.25, 0.3) is 0 Å². The van der Waals surface area contributed by atoms with Crippen molar-refractivity contribution in [3.05, 3.63) is 35.2 Å². The summed E-state index contributed by atoms with van der Waals surface area (Å²) in [5.41, 5.74) is 5.28. The molecule has 0 radical (unpaired) electrons. The van der Waals surface area contributed by atoms with E-state index in [0.29, 0.717) is 0 Å². The number of ether oxygens (including phenoxy) is 1. The Balaban J connectivity index is 2.69. The van der Waals surface area contributed by atoms with E-state index < -0.39 is 0 Å². The third-order valence-electron chi connectivity index (χ3n) is 3.46. The van der Waals surface area contributed by atoms with Gasteiger partial charge in [0.2, 0.25) is 0 Å². The summed E-state index contributed by atoms with van der Waals surface area (Å²) in [6.07, 6.45) is 1.57. The van der Waals surface area contributed by atoms with E-state index in [-0.39, 0.29) is 0 Å². The molecule has 1 heterocycles. The van der Waals surface area contributed by atoms with Crippen LogP contribution in [0.2, 0.25) is 0 Å². The van der Waals surface area contributed by atoms with Gasteiger partial charge in [0.05, 0.1) is 12.8 Å². The molecular weight excluding hydrogens is 238 g/mol. The number of benzene rings is 1. The first-order chi connectivity index (χ1) is 9.10. The van der Waals surface area contributed by atoms with Crippen LogP contribution in [0.15, 0.2) is 18.5 Å². The van der Waals surface area contributed by atoms with Gasteiger partial charge in [-0.3, -0.25) is 0 Å². The van der Waals surface area contributed by atoms with Gasteiger partial charge in [0.15, 0.2) is 0 Å². The minimum Gasteiger partial charge on any atom is -0.496 e. The average molecular weight is 257 g/mol. The van der Waals surface area contributed by atoms with Gasteiger partial charge < -0.3 is 10.1 Å². The first-order valence-electron chi connectivity index (χ1n) is 6.24. The van der Waals surface area contributed by atoms with Crippen molar-refractivity contribution in [2.24, 2.45) is 0 Å². The summed E-state index contributed by atoms with van der Waals surface area (Å²) in [5.74, 6) is 1.72. The van der Waals surface area contributed by atoms with Crippen LogP contribution in [0, 0.1) is 20.8 Å². The number of rotatable bonds is 3. The molecule has 1 N–H and O–H groups in total. The van der Waals surface area contributed by atoms with E-state index in [1.54, 1.807) is 13.4 Å². The van der Waals surface area contributed by atoms with Gasteiger partial charge in [-0.1, -0.05) is 6.07 Å². The quantitative estimate of drug-likeness (QED) is 0.917. The van der Waals surface area contributed by atoms with Crippen LogP contribution < -0.4 is 10.1 Å². The number of nitrogens with zero attached hydrogens (tertiary/aromatic N) is 2. The highest BCUT2D eigenvalue weighted by molar-refractivity contribution is 5.75. The lowest BCUT2D eigenvalue weighted by Crippen LogP contribution is -2.01. The third kappa shape index (κ3) is 2.26. The predicted octanol–water partition coefficient (Wildman–Crippen LogP) is 3.12. The first kappa shape index (κ1) is 13.3. The van der Waals surface area contributed by atoms with Crippen LogP contribution in [-0.2, 0) is 0 Å². The van der Waals surface area contributed by atoms with Gasteiger partial charge in [-0.25, -0.2) is 9.97 Å². The van der Waals surface area contributed by atoms with Gasteiger partial charge >= 0.3 is 0 Å². The molecule has 0 unspecified atom stereocenters. The lowest BCUT2D eigenvalue weighted by Gasteiger charge is -2.15. The van der Waals surface area contributed by atoms with E-state index in [9.17, 15) is 0 Å². The second-order valence-corrected chi connectivity index (χ2v) is 4.53. The van der Waals surface area contributed by atoms with Crippen molar-refractivity contribution in [1.82, 2.24) is 9.97 Å². The zero-order valence-corrected chi connectivity index (χ0v) is 12.0. The SMILES string of the molecule is CNc1ncnc(-c2ccc(C)c(C)c2OC)c1C. The number of aryl methyl sites for hydroxylation is 1. The Morgan fingerprint density at radius 1 is 1.05 bits per heavy atom. The largest absolute Gasteiger partial charge is 0.496 e. The molecule has 0 amide bonds. The fraction of sp³-hybridized carbons (Fsp3) is 0.333. The van der Waals surface area contributed by atoms with Crippen molar-refractivity contribution in [3.8, 4) is 17.0 Å². The number of hydrogen-bond donors (Lipinski definition) is 1. The second-order valence-electron chi connectivity index (χ2n) is 4.53. The highest BCUT2D eigenvalue weighted by Gasteiger charge is 2.15. The summed E-state index contributed by atoms with van der Waals surface area (Å²) in [6.45, 7) is 6.15. The number of nitrogens with one attached hydrogen (secondary N) is 1. The number of methoxy groups -OCH3 is 1. The van der Waals surface area contributed by atoms with Crippen LogP contribution in [0.1, 0.15) is 16.7 Å². The maximum Gasteiger partial charge on any atom is 0.132 e. The molecular formula is C15H19N3O.